The summed E-state index contributed by atoms with van der Waals surface area (Å²) < 4.78 is 46.1. The number of halogens is 1. The molecule has 146 valence electrons. The van der Waals surface area contributed by atoms with Crippen LogP contribution in [0.2, 0.25) is 0 Å². The number of aromatic nitrogens is 2. The summed E-state index contributed by atoms with van der Waals surface area (Å²) in [5.74, 6) is 0.174. The highest BCUT2D eigenvalue weighted by Crippen LogP contribution is 2.25. The van der Waals surface area contributed by atoms with Crippen LogP contribution in [-0.4, -0.2) is 18.6 Å². The lowest BCUT2D eigenvalue weighted by atomic mass is 10.1. The largest absolute Gasteiger partial charge is 0.334 e. The number of nitrogens with one attached hydrogen (secondary N) is 1. The van der Waals surface area contributed by atoms with Gasteiger partial charge in [0.25, 0.3) is 15.9 Å². The molecular formula is C21H16FN3O3S. The highest BCUT2D eigenvalue weighted by Gasteiger charge is 2.17. The van der Waals surface area contributed by atoms with E-state index in [-0.39, 0.29) is 16.5 Å². The molecule has 1 heterocycles. The SMILES string of the molecule is Cc1ccc(-c2noc(-c3cccc(S(=O)(=O)Nc4ccc(F)cc4)c3)n2)cc1. The average Bonchev–Trinajstić information content (AvgIpc) is 3.21. The zero-order valence-electron chi connectivity index (χ0n) is 15.3. The van der Waals surface area contributed by atoms with Gasteiger partial charge >= 0.3 is 0 Å². The van der Waals surface area contributed by atoms with Gasteiger partial charge in [0.1, 0.15) is 5.82 Å². The Bertz CT molecular complexity index is 1250. The molecule has 0 aliphatic rings. The van der Waals surface area contributed by atoms with E-state index < -0.39 is 15.8 Å². The molecule has 29 heavy (non-hydrogen) atoms. The van der Waals surface area contributed by atoms with Crippen LogP contribution in [-0.2, 0) is 10.0 Å². The Hall–Kier alpha value is -3.52. The molecule has 4 aromatic rings. The predicted molar refractivity (Wildman–Crippen MR) is 107 cm³/mol. The first-order valence-corrected chi connectivity index (χ1v) is 10.2. The van der Waals surface area contributed by atoms with Crippen molar-refractivity contribution in [1.82, 2.24) is 10.1 Å². The summed E-state index contributed by atoms with van der Waals surface area (Å²) in [6.07, 6.45) is 0. The quantitative estimate of drug-likeness (QED) is 0.519. The van der Waals surface area contributed by atoms with E-state index in [0.717, 1.165) is 11.1 Å². The molecule has 1 aromatic heterocycles. The van der Waals surface area contributed by atoms with Crippen molar-refractivity contribution in [2.45, 2.75) is 11.8 Å². The van der Waals surface area contributed by atoms with Crippen LogP contribution in [0.1, 0.15) is 5.56 Å². The van der Waals surface area contributed by atoms with Gasteiger partial charge in [-0.05, 0) is 49.4 Å². The summed E-state index contributed by atoms with van der Waals surface area (Å²) in [7, 11) is -3.87. The first kappa shape index (κ1) is 18.8. The number of benzene rings is 3. The van der Waals surface area contributed by atoms with Crippen LogP contribution in [0.3, 0.4) is 0 Å². The van der Waals surface area contributed by atoms with E-state index in [1.165, 1.54) is 36.4 Å². The summed E-state index contributed by atoms with van der Waals surface area (Å²) in [5, 5.41) is 3.97. The van der Waals surface area contributed by atoms with E-state index in [9.17, 15) is 12.8 Å². The minimum Gasteiger partial charge on any atom is -0.334 e. The number of anilines is 1. The maximum absolute atomic E-state index is 13.0. The number of rotatable bonds is 5. The van der Waals surface area contributed by atoms with Crippen LogP contribution >= 0.6 is 0 Å². The van der Waals surface area contributed by atoms with E-state index in [4.69, 9.17) is 4.52 Å². The van der Waals surface area contributed by atoms with Crippen LogP contribution in [0.4, 0.5) is 10.1 Å². The number of nitrogens with zero attached hydrogens (tertiary/aromatic N) is 2. The molecule has 0 saturated carbocycles. The molecule has 3 aromatic carbocycles. The minimum atomic E-state index is -3.87. The zero-order valence-corrected chi connectivity index (χ0v) is 16.2. The summed E-state index contributed by atoms with van der Waals surface area (Å²) in [6.45, 7) is 1.98. The fourth-order valence-electron chi connectivity index (χ4n) is 2.69. The highest BCUT2D eigenvalue weighted by atomic mass is 32.2. The Balaban J connectivity index is 1.62. The number of hydrogen-bond donors (Lipinski definition) is 1. The van der Waals surface area contributed by atoms with Crippen molar-refractivity contribution in [3.63, 3.8) is 0 Å². The fourth-order valence-corrected chi connectivity index (χ4v) is 3.79. The van der Waals surface area contributed by atoms with Crippen LogP contribution in [0.15, 0.2) is 82.2 Å². The topological polar surface area (TPSA) is 85.1 Å². The van der Waals surface area contributed by atoms with Crippen LogP contribution in [0.25, 0.3) is 22.8 Å². The molecule has 6 nitrogen and oxygen atoms in total. The van der Waals surface area contributed by atoms with Crippen molar-refractivity contribution in [1.29, 1.82) is 0 Å². The van der Waals surface area contributed by atoms with Crippen LogP contribution in [0.5, 0.6) is 0 Å². The number of sulfonamides is 1. The fraction of sp³-hybridized carbons (Fsp3) is 0.0476. The maximum Gasteiger partial charge on any atom is 0.261 e. The van der Waals surface area contributed by atoms with Crippen molar-refractivity contribution in [3.05, 3.63) is 84.2 Å². The predicted octanol–water partition coefficient (Wildman–Crippen LogP) is 4.65. The lowest BCUT2D eigenvalue weighted by Gasteiger charge is -2.08. The van der Waals surface area contributed by atoms with E-state index >= 15 is 0 Å². The van der Waals surface area contributed by atoms with Gasteiger partial charge < -0.3 is 4.52 Å². The molecular weight excluding hydrogens is 393 g/mol. The molecule has 0 unspecified atom stereocenters. The van der Waals surface area contributed by atoms with Crippen molar-refractivity contribution in [3.8, 4) is 22.8 Å². The van der Waals surface area contributed by atoms with Gasteiger partial charge in [-0.3, -0.25) is 4.72 Å². The van der Waals surface area contributed by atoms with E-state index in [2.05, 4.69) is 14.9 Å². The Labute approximate surface area is 167 Å². The second-order valence-electron chi connectivity index (χ2n) is 6.43. The van der Waals surface area contributed by atoms with Crippen molar-refractivity contribution in [2.75, 3.05) is 4.72 Å². The van der Waals surface area contributed by atoms with E-state index in [0.29, 0.717) is 11.4 Å². The lowest BCUT2D eigenvalue weighted by molar-refractivity contribution is 0.432. The Kier molecular flexibility index (Phi) is 4.85. The van der Waals surface area contributed by atoms with Gasteiger partial charge in [-0.2, -0.15) is 4.98 Å². The van der Waals surface area contributed by atoms with Gasteiger partial charge in [0.15, 0.2) is 0 Å². The Morgan fingerprint density at radius 3 is 2.38 bits per heavy atom. The van der Waals surface area contributed by atoms with Crippen LogP contribution < -0.4 is 4.72 Å². The van der Waals surface area contributed by atoms with E-state index in [1.807, 2.05) is 31.2 Å². The minimum absolute atomic E-state index is 0.0226. The summed E-state index contributed by atoms with van der Waals surface area (Å²) in [4.78, 5) is 4.39. The molecule has 0 amide bonds. The number of hydrogen-bond acceptors (Lipinski definition) is 5. The molecule has 0 fully saturated rings. The molecule has 0 bridgehead atoms. The molecule has 0 saturated heterocycles. The highest BCUT2D eigenvalue weighted by molar-refractivity contribution is 7.92. The molecule has 0 aliphatic heterocycles. The summed E-state index contributed by atoms with van der Waals surface area (Å²) >= 11 is 0. The second kappa shape index (κ2) is 7.48. The van der Waals surface area contributed by atoms with Crippen LogP contribution in [0, 0.1) is 12.7 Å². The Morgan fingerprint density at radius 1 is 0.931 bits per heavy atom. The summed E-state index contributed by atoms with van der Waals surface area (Å²) in [6, 6.07) is 18.9. The number of aryl methyl sites for hydroxylation is 1. The van der Waals surface area contributed by atoms with Gasteiger partial charge in [0.2, 0.25) is 5.82 Å². The molecule has 0 radical (unpaired) electrons. The normalized spacial score (nSPS) is 11.4. The molecule has 8 heteroatoms. The standard InChI is InChI=1S/C21H16FN3O3S/c1-14-5-7-15(8-6-14)20-23-21(28-24-20)16-3-2-4-19(13-16)29(26,27)25-18-11-9-17(22)10-12-18/h2-13,25H,1H3. The first-order chi connectivity index (χ1) is 13.9. The van der Waals surface area contributed by atoms with Gasteiger partial charge in [-0.1, -0.05) is 41.1 Å². The van der Waals surface area contributed by atoms with Crippen molar-refractivity contribution < 1.29 is 17.3 Å². The molecule has 1 N–H and O–H groups in total. The first-order valence-electron chi connectivity index (χ1n) is 8.70. The Morgan fingerprint density at radius 2 is 1.66 bits per heavy atom. The summed E-state index contributed by atoms with van der Waals surface area (Å²) in [5.41, 5.74) is 2.64. The molecule has 0 spiro atoms. The molecule has 4 rings (SSSR count). The molecule has 0 aliphatic carbocycles. The second-order valence-corrected chi connectivity index (χ2v) is 8.11. The zero-order chi connectivity index (χ0) is 20.4. The van der Waals surface area contributed by atoms with Gasteiger partial charge in [0.05, 0.1) is 4.90 Å². The third-order valence-corrected chi connectivity index (χ3v) is 5.60. The van der Waals surface area contributed by atoms with Crippen molar-refractivity contribution >= 4 is 15.7 Å². The lowest BCUT2D eigenvalue weighted by Crippen LogP contribution is -2.12. The van der Waals surface area contributed by atoms with Gasteiger partial charge in [-0.15, -0.1) is 0 Å². The maximum atomic E-state index is 13.0. The monoisotopic (exact) mass is 409 g/mol. The average molecular weight is 409 g/mol. The molecule has 0 atom stereocenters. The smallest absolute Gasteiger partial charge is 0.261 e. The van der Waals surface area contributed by atoms with Crippen molar-refractivity contribution in [2.24, 2.45) is 0 Å². The third kappa shape index (κ3) is 4.17. The van der Waals surface area contributed by atoms with Gasteiger partial charge in [-0.25, -0.2) is 12.8 Å². The van der Waals surface area contributed by atoms with Gasteiger partial charge in [0, 0.05) is 16.8 Å². The third-order valence-electron chi connectivity index (χ3n) is 4.22. The van der Waals surface area contributed by atoms with E-state index in [1.54, 1.807) is 12.1 Å².